The standard InChI is InChI=1S/C35H41N3O5/c1-8-23(37(4)5)15-20-9-11-21(12-10-20)24-13-14-27(39)30-25(24)16-22-17-26-31(38(6)7)33(41)29(19(3)36)34(42)35(26,43)18(2)28(22)32(30)40/h9-15,22,26,31,39,41,43H,3,8,16-17,36H2,1-2,4-7H3/t22?,26?,31-,35-/m1/s1. The van der Waals surface area contributed by atoms with Gasteiger partial charge in [-0.1, -0.05) is 43.8 Å². The number of aromatic hydroxyl groups is 1. The average molecular weight is 584 g/mol. The molecule has 0 fully saturated rings. The number of allylic oxidation sites excluding steroid dienone is 3. The molecule has 2 unspecified atom stereocenters. The summed E-state index contributed by atoms with van der Waals surface area (Å²) in [5.74, 6) is -2.55. The molecule has 4 atom stereocenters. The lowest BCUT2D eigenvalue weighted by atomic mass is 9.56. The first-order valence-electron chi connectivity index (χ1n) is 14.6. The summed E-state index contributed by atoms with van der Waals surface area (Å²) in [4.78, 5) is 31.8. The van der Waals surface area contributed by atoms with Crippen LogP contribution in [0.5, 0.6) is 5.75 Å². The molecule has 5 rings (SSSR count). The third kappa shape index (κ3) is 4.60. The molecule has 0 saturated heterocycles. The van der Waals surface area contributed by atoms with Gasteiger partial charge in [-0.15, -0.1) is 0 Å². The molecule has 8 heteroatoms. The fourth-order valence-electron chi connectivity index (χ4n) is 7.43. The van der Waals surface area contributed by atoms with Crippen molar-refractivity contribution in [2.24, 2.45) is 17.6 Å². The molecule has 0 heterocycles. The van der Waals surface area contributed by atoms with Crippen molar-refractivity contribution in [1.29, 1.82) is 0 Å². The number of benzene rings is 2. The fraction of sp³-hybridized carbons (Fsp3) is 0.371. The number of hydrogen-bond acceptors (Lipinski definition) is 8. The Balaban J connectivity index is 1.63. The van der Waals surface area contributed by atoms with Crippen molar-refractivity contribution >= 4 is 17.6 Å². The van der Waals surface area contributed by atoms with Crippen LogP contribution < -0.4 is 5.73 Å². The minimum atomic E-state index is -2.06. The van der Waals surface area contributed by atoms with Gasteiger partial charge in [0, 0.05) is 37.0 Å². The summed E-state index contributed by atoms with van der Waals surface area (Å²) >= 11 is 0. The number of nitrogens with two attached hydrogens (primary N) is 1. The van der Waals surface area contributed by atoms with Gasteiger partial charge in [-0.2, -0.15) is 0 Å². The minimum absolute atomic E-state index is 0.135. The highest BCUT2D eigenvalue weighted by Gasteiger charge is 2.60. The predicted molar refractivity (Wildman–Crippen MR) is 168 cm³/mol. The highest BCUT2D eigenvalue weighted by Crippen LogP contribution is 2.54. The minimum Gasteiger partial charge on any atom is -0.510 e. The Morgan fingerprint density at radius 1 is 1.09 bits per heavy atom. The van der Waals surface area contributed by atoms with E-state index in [2.05, 4.69) is 24.5 Å². The van der Waals surface area contributed by atoms with Crippen molar-refractivity contribution in [2.45, 2.75) is 44.8 Å². The van der Waals surface area contributed by atoms with Gasteiger partial charge in [0.25, 0.3) is 0 Å². The van der Waals surface area contributed by atoms with Crippen molar-refractivity contribution < 1.29 is 24.9 Å². The topological polar surface area (TPSA) is 127 Å². The second-order valence-electron chi connectivity index (χ2n) is 12.4. The first kappa shape index (κ1) is 30.3. The second kappa shape index (κ2) is 10.8. The molecule has 8 nitrogen and oxygen atoms in total. The zero-order chi connectivity index (χ0) is 31.5. The molecule has 2 aromatic rings. The molecule has 0 spiro atoms. The first-order chi connectivity index (χ1) is 20.2. The van der Waals surface area contributed by atoms with E-state index >= 15 is 0 Å². The lowest BCUT2D eigenvalue weighted by Crippen LogP contribution is -2.62. The van der Waals surface area contributed by atoms with Crippen LogP contribution in [0.3, 0.4) is 0 Å². The maximum atomic E-state index is 14.2. The summed E-state index contributed by atoms with van der Waals surface area (Å²) in [6.45, 7) is 7.38. The number of likely N-dealkylation sites (N-methyl/N-ethyl adjacent to an activating group) is 1. The average Bonchev–Trinajstić information content (AvgIpc) is 2.93. The van der Waals surface area contributed by atoms with Crippen LogP contribution in [0.15, 0.2) is 76.8 Å². The zero-order valence-electron chi connectivity index (χ0n) is 25.7. The number of nitrogens with zero attached hydrogens (tertiary/aromatic N) is 2. The number of ketones is 2. The lowest BCUT2D eigenvalue weighted by molar-refractivity contribution is -0.141. The molecule has 43 heavy (non-hydrogen) atoms. The number of aliphatic hydroxyl groups excluding tert-OH is 1. The van der Waals surface area contributed by atoms with E-state index in [0.717, 1.165) is 28.7 Å². The molecular formula is C35H41N3O5. The maximum Gasteiger partial charge on any atom is 0.204 e. The second-order valence-corrected chi connectivity index (χ2v) is 12.4. The molecule has 2 aromatic carbocycles. The Labute approximate surface area is 253 Å². The van der Waals surface area contributed by atoms with E-state index < -0.39 is 29.1 Å². The number of aliphatic hydroxyl groups is 2. The van der Waals surface area contributed by atoms with Crippen molar-refractivity contribution in [3.05, 3.63) is 93.5 Å². The number of rotatable bonds is 6. The first-order valence-corrected chi connectivity index (χ1v) is 14.6. The van der Waals surface area contributed by atoms with Crippen LogP contribution in [0.1, 0.15) is 48.2 Å². The molecule has 0 bridgehead atoms. The van der Waals surface area contributed by atoms with E-state index in [9.17, 15) is 24.9 Å². The van der Waals surface area contributed by atoms with Crippen LogP contribution in [0.25, 0.3) is 17.2 Å². The molecule has 3 aliphatic rings. The van der Waals surface area contributed by atoms with E-state index in [1.807, 2.05) is 44.4 Å². The van der Waals surface area contributed by atoms with Gasteiger partial charge in [-0.25, -0.2) is 0 Å². The molecule has 5 N–H and O–H groups in total. The molecule has 0 radical (unpaired) electrons. The number of carbonyl (C=O) groups is 2. The number of hydrogen-bond donors (Lipinski definition) is 4. The van der Waals surface area contributed by atoms with Crippen molar-refractivity contribution in [2.75, 3.05) is 28.2 Å². The normalized spacial score (nSPS) is 25.5. The smallest absolute Gasteiger partial charge is 0.204 e. The molecule has 0 aromatic heterocycles. The Morgan fingerprint density at radius 2 is 1.74 bits per heavy atom. The van der Waals surface area contributed by atoms with Crippen LogP contribution in [0.2, 0.25) is 0 Å². The van der Waals surface area contributed by atoms with Crippen molar-refractivity contribution in [1.82, 2.24) is 9.80 Å². The molecular weight excluding hydrogens is 542 g/mol. The fourth-order valence-corrected chi connectivity index (χ4v) is 7.43. The van der Waals surface area contributed by atoms with Gasteiger partial charge in [0.2, 0.25) is 5.78 Å². The quantitative estimate of drug-likeness (QED) is 0.389. The summed E-state index contributed by atoms with van der Waals surface area (Å²) in [5, 5.41) is 34.3. The van der Waals surface area contributed by atoms with E-state index in [0.29, 0.717) is 12.0 Å². The van der Waals surface area contributed by atoms with Crippen LogP contribution in [0.4, 0.5) is 0 Å². The van der Waals surface area contributed by atoms with Gasteiger partial charge < -0.3 is 26.0 Å². The number of carbonyl (C=O) groups excluding carboxylic acids is 2. The van der Waals surface area contributed by atoms with E-state index in [4.69, 9.17) is 5.73 Å². The summed E-state index contributed by atoms with van der Waals surface area (Å²) < 4.78 is 0. The van der Waals surface area contributed by atoms with Crippen molar-refractivity contribution in [3.63, 3.8) is 0 Å². The highest BCUT2D eigenvalue weighted by atomic mass is 16.3. The maximum absolute atomic E-state index is 14.2. The van der Waals surface area contributed by atoms with Gasteiger partial charge in [-0.05, 0) is 86.2 Å². The van der Waals surface area contributed by atoms with Crippen LogP contribution in [0, 0.1) is 11.8 Å². The Hall–Kier alpha value is -4.14. The third-order valence-corrected chi connectivity index (χ3v) is 9.53. The van der Waals surface area contributed by atoms with Gasteiger partial charge in [-0.3, -0.25) is 14.5 Å². The Morgan fingerprint density at radius 3 is 2.30 bits per heavy atom. The SMILES string of the molecule is C=C(N)C1=C(O)[C@H](N(C)C)C2CC3Cc4c(-c5ccc(C=C(CC)N(C)C)cc5)ccc(O)c4C(=O)C3=C(C)[C@]2(O)C1=O. The number of Topliss-reactive ketones (excluding diaryl/α,β-unsaturated/α-hetero) is 2. The molecule has 0 aliphatic heterocycles. The number of phenols is 1. The van der Waals surface area contributed by atoms with Crippen LogP contribution >= 0.6 is 0 Å². The van der Waals surface area contributed by atoms with Crippen molar-refractivity contribution in [3.8, 4) is 16.9 Å². The molecule has 3 aliphatic carbocycles. The van der Waals surface area contributed by atoms with E-state index in [-0.39, 0.29) is 46.3 Å². The number of fused-ring (bicyclic) bond motifs is 3. The summed E-state index contributed by atoms with van der Waals surface area (Å²) in [6.07, 6.45) is 3.76. The third-order valence-electron chi connectivity index (χ3n) is 9.53. The lowest BCUT2D eigenvalue weighted by Gasteiger charge is -2.51. The van der Waals surface area contributed by atoms with Gasteiger partial charge >= 0.3 is 0 Å². The Kier molecular flexibility index (Phi) is 7.65. The molecule has 226 valence electrons. The summed E-state index contributed by atoms with van der Waals surface area (Å²) in [7, 11) is 7.58. The van der Waals surface area contributed by atoms with Crippen LogP contribution in [-0.4, -0.2) is 76.5 Å². The van der Waals surface area contributed by atoms with Gasteiger partial charge in [0.05, 0.1) is 17.2 Å². The zero-order valence-corrected chi connectivity index (χ0v) is 25.7. The molecule has 0 amide bonds. The molecule has 0 saturated carbocycles. The van der Waals surface area contributed by atoms with Gasteiger partial charge in [0.15, 0.2) is 11.4 Å². The predicted octanol–water partition coefficient (Wildman–Crippen LogP) is 4.59. The summed E-state index contributed by atoms with van der Waals surface area (Å²) in [6, 6.07) is 10.8. The number of phenolic OH excluding ortho intramolecular Hbond substituents is 1. The van der Waals surface area contributed by atoms with E-state index in [1.54, 1.807) is 25.9 Å². The summed E-state index contributed by atoms with van der Waals surface area (Å²) in [5.41, 5.74) is 9.07. The monoisotopic (exact) mass is 583 g/mol. The van der Waals surface area contributed by atoms with Crippen LogP contribution in [-0.2, 0) is 11.2 Å². The Bertz CT molecular complexity index is 1630. The highest BCUT2D eigenvalue weighted by molar-refractivity contribution is 6.17. The van der Waals surface area contributed by atoms with E-state index in [1.165, 1.54) is 11.8 Å². The largest absolute Gasteiger partial charge is 0.510 e. The van der Waals surface area contributed by atoms with Gasteiger partial charge in [0.1, 0.15) is 11.5 Å².